The molecule has 1 aromatic heterocycles. The number of ether oxygens (including phenoxy) is 1. The lowest BCUT2D eigenvalue weighted by molar-refractivity contribution is -0.137. The van der Waals surface area contributed by atoms with Crippen LogP contribution in [0.25, 0.3) is 0 Å². The van der Waals surface area contributed by atoms with Gasteiger partial charge in [0, 0.05) is 23.7 Å². The fourth-order valence-electron chi connectivity index (χ4n) is 4.76. The summed E-state index contributed by atoms with van der Waals surface area (Å²) in [5, 5.41) is 2.31. The number of nitrogens with zero attached hydrogens (tertiary/aromatic N) is 2. The van der Waals surface area contributed by atoms with Gasteiger partial charge in [-0.25, -0.2) is 8.78 Å². The fraction of sp³-hybridized carbons (Fsp3) is 0.435. The van der Waals surface area contributed by atoms with Crippen LogP contribution >= 0.6 is 11.6 Å². The van der Waals surface area contributed by atoms with E-state index >= 15 is 0 Å². The van der Waals surface area contributed by atoms with Gasteiger partial charge in [-0.3, -0.25) is 14.6 Å². The van der Waals surface area contributed by atoms with Crippen LogP contribution in [0.1, 0.15) is 40.5 Å². The second kappa shape index (κ2) is 8.70. The molecule has 0 unspecified atom stereocenters. The predicted molar refractivity (Wildman–Crippen MR) is 112 cm³/mol. The molecule has 35 heavy (non-hydrogen) atoms. The Morgan fingerprint density at radius 2 is 1.89 bits per heavy atom. The van der Waals surface area contributed by atoms with Gasteiger partial charge >= 0.3 is 6.18 Å². The number of halogens is 6. The van der Waals surface area contributed by atoms with Crippen molar-refractivity contribution in [2.24, 2.45) is 11.8 Å². The number of pyridine rings is 1. The summed E-state index contributed by atoms with van der Waals surface area (Å²) in [5.74, 6) is -3.34. The number of fused-ring (bicyclic) bond motifs is 1. The lowest BCUT2D eigenvalue weighted by atomic mass is 9.90. The van der Waals surface area contributed by atoms with E-state index in [0.717, 1.165) is 24.4 Å². The summed E-state index contributed by atoms with van der Waals surface area (Å²) in [7, 11) is 0. The van der Waals surface area contributed by atoms with Crippen molar-refractivity contribution in [1.82, 2.24) is 15.2 Å². The molecule has 0 spiro atoms. The monoisotopic (exact) mass is 515 g/mol. The van der Waals surface area contributed by atoms with E-state index < -0.39 is 58.0 Å². The maximum Gasteiger partial charge on any atom is 0.416 e. The summed E-state index contributed by atoms with van der Waals surface area (Å²) in [5.41, 5.74) is -1.54. The molecule has 12 heteroatoms. The minimum Gasteiger partial charge on any atom is -0.381 e. The van der Waals surface area contributed by atoms with Crippen LogP contribution in [0.5, 0.6) is 0 Å². The molecule has 3 fully saturated rings. The van der Waals surface area contributed by atoms with Crippen molar-refractivity contribution in [2.75, 3.05) is 13.2 Å². The Morgan fingerprint density at radius 1 is 1.14 bits per heavy atom. The summed E-state index contributed by atoms with van der Waals surface area (Å²) in [4.78, 5) is 31.5. The van der Waals surface area contributed by atoms with Gasteiger partial charge in [-0.2, -0.15) is 13.2 Å². The minimum absolute atomic E-state index is 0.0377. The number of carbonyl (C=O) groups is 2. The number of likely N-dealkylation sites (tertiary alicyclic amines) is 1. The van der Waals surface area contributed by atoms with Gasteiger partial charge in [-0.05, 0) is 43.0 Å². The molecule has 2 saturated heterocycles. The lowest BCUT2D eigenvalue weighted by Gasteiger charge is -2.36. The molecule has 0 bridgehead atoms. The SMILES string of the molecule is O=C(N[C@@H](c1cc(F)c(Cl)cc1F)C1COC1)[C@H]1C[C@H]2C[C@H]2N1C(=O)c1cc(C(F)(F)F)ccn1. The van der Waals surface area contributed by atoms with Crippen molar-refractivity contribution in [1.29, 1.82) is 0 Å². The van der Waals surface area contributed by atoms with Crippen molar-refractivity contribution in [2.45, 2.75) is 37.1 Å². The summed E-state index contributed by atoms with van der Waals surface area (Å²) < 4.78 is 73.2. The summed E-state index contributed by atoms with van der Waals surface area (Å²) >= 11 is 5.65. The molecule has 3 heterocycles. The van der Waals surface area contributed by atoms with Crippen LogP contribution in [0.3, 0.4) is 0 Å². The average molecular weight is 516 g/mol. The van der Waals surface area contributed by atoms with Crippen LogP contribution in [-0.4, -0.2) is 47.0 Å². The normalized spacial score (nSPS) is 24.5. The number of rotatable bonds is 5. The zero-order valence-corrected chi connectivity index (χ0v) is 18.7. The van der Waals surface area contributed by atoms with E-state index in [-0.39, 0.29) is 36.7 Å². The number of benzene rings is 1. The van der Waals surface area contributed by atoms with E-state index in [0.29, 0.717) is 18.9 Å². The van der Waals surface area contributed by atoms with Gasteiger partial charge in [0.05, 0.1) is 29.8 Å². The van der Waals surface area contributed by atoms with E-state index in [1.165, 1.54) is 4.90 Å². The van der Waals surface area contributed by atoms with Gasteiger partial charge in [0.2, 0.25) is 5.91 Å². The highest BCUT2D eigenvalue weighted by molar-refractivity contribution is 6.30. The first-order valence-corrected chi connectivity index (χ1v) is 11.3. The quantitative estimate of drug-likeness (QED) is 0.480. The number of hydrogen-bond donors (Lipinski definition) is 1. The second-order valence-corrected chi connectivity index (χ2v) is 9.43. The average Bonchev–Trinajstić information content (AvgIpc) is 3.43. The zero-order chi connectivity index (χ0) is 25.1. The summed E-state index contributed by atoms with van der Waals surface area (Å²) in [6.45, 7) is 0.419. The Labute approximate surface area is 201 Å². The molecule has 4 atom stereocenters. The highest BCUT2D eigenvalue weighted by Crippen LogP contribution is 2.48. The Hall–Kier alpha value is -2.79. The number of piperidine rings is 1. The second-order valence-electron chi connectivity index (χ2n) is 9.03. The van der Waals surface area contributed by atoms with Gasteiger partial charge in [-0.1, -0.05) is 11.6 Å². The van der Waals surface area contributed by atoms with E-state index in [4.69, 9.17) is 16.3 Å². The molecule has 1 aliphatic carbocycles. The topological polar surface area (TPSA) is 71.5 Å². The van der Waals surface area contributed by atoms with E-state index in [2.05, 4.69) is 10.3 Å². The van der Waals surface area contributed by atoms with Crippen molar-refractivity contribution in [3.05, 3.63) is 63.9 Å². The third-order valence-corrected chi connectivity index (χ3v) is 7.05. The van der Waals surface area contributed by atoms with Crippen molar-refractivity contribution in [3.63, 3.8) is 0 Å². The first-order chi connectivity index (χ1) is 16.5. The van der Waals surface area contributed by atoms with Crippen LogP contribution in [-0.2, 0) is 15.7 Å². The van der Waals surface area contributed by atoms with E-state index in [1.54, 1.807) is 0 Å². The molecule has 2 aliphatic heterocycles. The number of aromatic nitrogens is 1. The van der Waals surface area contributed by atoms with Crippen molar-refractivity contribution < 1.29 is 36.3 Å². The van der Waals surface area contributed by atoms with Crippen LogP contribution in [0, 0.1) is 23.5 Å². The zero-order valence-electron chi connectivity index (χ0n) is 18.0. The van der Waals surface area contributed by atoms with Gasteiger partial charge in [0.1, 0.15) is 23.4 Å². The number of nitrogens with one attached hydrogen (secondary N) is 1. The first-order valence-electron chi connectivity index (χ1n) is 10.9. The van der Waals surface area contributed by atoms with E-state index in [1.807, 2.05) is 0 Å². The molecular formula is C23H19ClF5N3O3. The van der Waals surface area contributed by atoms with Crippen molar-refractivity contribution in [3.8, 4) is 0 Å². The highest BCUT2D eigenvalue weighted by Gasteiger charge is 2.56. The summed E-state index contributed by atoms with van der Waals surface area (Å²) in [6.07, 6.45) is -2.81. The molecule has 1 saturated carbocycles. The van der Waals surface area contributed by atoms with Crippen LogP contribution < -0.4 is 5.32 Å². The molecule has 1 N–H and O–H groups in total. The molecule has 5 rings (SSSR count). The molecule has 1 aromatic carbocycles. The Bertz CT molecular complexity index is 1190. The Balaban J connectivity index is 1.39. The van der Waals surface area contributed by atoms with Crippen LogP contribution in [0.4, 0.5) is 22.0 Å². The fourth-order valence-corrected chi connectivity index (χ4v) is 4.91. The molecular weight excluding hydrogens is 497 g/mol. The lowest BCUT2D eigenvalue weighted by Crippen LogP contribution is -2.51. The van der Waals surface area contributed by atoms with Gasteiger partial charge in [0.25, 0.3) is 5.91 Å². The highest BCUT2D eigenvalue weighted by atomic mass is 35.5. The summed E-state index contributed by atoms with van der Waals surface area (Å²) in [6, 6.07) is 0.955. The Kier molecular flexibility index (Phi) is 5.95. The molecule has 3 aliphatic rings. The largest absolute Gasteiger partial charge is 0.416 e. The van der Waals surface area contributed by atoms with Gasteiger partial charge < -0.3 is 15.0 Å². The molecule has 2 amide bonds. The third kappa shape index (κ3) is 4.47. The van der Waals surface area contributed by atoms with Gasteiger partial charge in [-0.15, -0.1) is 0 Å². The molecule has 186 valence electrons. The third-order valence-electron chi connectivity index (χ3n) is 6.76. The molecule has 6 nitrogen and oxygen atoms in total. The minimum atomic E-state index is -4.65. The Morgan fingerprint density at radius 3 is 2.54 bits per heavy atom. The number of carbonyl (C=O) groups excluding carboxylic acids is 2. The van der Waals surface area contributed by atoms with Crippen LogP contribution in [0.2, 0.25) is 5.02 Å². The maximum absolute atomic E-state index is 14.7. The molecule has 0 radical (unpaired) electrons. The van der Waals surface area contributed by atoms with Crippen molar-refractivity contribution >= 4 is 23.4 Å². The maximum atomic E-state index is 14.7. The standard InChI is InChI=1S/C23H19ClF5N3O3/c24-14-7-15(25)13(6-16(14)26)20(11-8-35-9-11)31-21(33)19-4-10-3-18(10)32(19)22(34)17-5-12(1-2-30-17)23(27,28)29/h1-2,5-7,10-11,18-20H,3-4,8-9H2,(H,31,33)/t10-,18-,19-,20-/m1/s1. The van der Waals surface area contributed by atoms with Crippen LogP contribution in [0.15, 0.2) is 30.5 Å². The number of hydrogen-bond acceptors (Lipinski definition) is 4. The smallest absolute Gasteiger partial charge is 0.381 e. The predicted octanol–water partition coefficient (Wildman–Crippen LogP) is 4.14. The first kappa shape index (κ1) is 23.9. The molecule has 2 aromatic rings. The van der Waals surface area contributed by atoms with Gasteiger partial charge in [0.15, 0.2) is 0 Å². The number of alkyl halides is 3. The van der Waals surface area contributed by atoms with E-state index in [9.17, 15) is 31.5 Å². The number of amides is 2.